The summed E-state index contributed by atoms with van der Waals surface area (Å²) in [5.41, 5.74) is 4.21. The summed E-state index contributed by atoms with van der Waals surface area (Å²) in [6.45, 7) is 2.48. The maximum Gasteiger partial charge on any atom is 0.336 e. The van der Waals surface area contributed by atoms with Gasteiger partial charge in [0.1, 0.15) is 12.4 Å². The van der Waals surface area contributed by atoms with Crippen molar-refractivity contribution < 1.29 is 23.8 Å². The number of hydrogen-bond donors (Lipinski definition) is 1. The highest BCUT2D eigenvalue weighted by atomic mass is 16.6. The van der Waals surface area contributed by atoms with Crippen molar-refractivity contribution in [2.75, 3.05) is 27.4 Å². The Morgan fingerprint density at radius 1 is 1.13 bits per heavy atom. The molecule has 0 spiro atoms. The van der Waals surface area contributed by atoms with E-state index in [1.165, 1.54) is 0 Å². The SMILES string of the molecule is COCCOC(=O)C1=C(C)NC2=C(C(=O)CC(c3ccccc3OC)C2)C1C1CCC1. The van der Waals surface area contributed by atoms with Crippen LogP contribution < -0.4 is 10.1 Å². The van der Waals surface area contributed by atoms with E-state index in [0.717, 1.165) is 54.0 Å². The van der Waals surface area contributed by atoms with E-state index in [2.05, 4.69) is 5.32 Å². The molecule has 2 unspecified atom stereocenters. The first-order chi connectivity index (χ1) is 15.0. The number of hydrogen-bond acceptors (Lipinski definition) is 6. The molecule has 1 aliphatic heterocycles. The van der Waals surface area contributed by atoms with Crippen molar-refractivity contribution in [3.05, 3.63) is 52.4 Å². The molecule has 2 atom stereocenters. The first kappa shape index (κ1) is 21.6. The number of benzene rings is 1. The van der Waals surface area contributed by atoms with E-state index >= 15 is 0 Å². The number of allylic oxidation sites excluding steroid dienone is 3. The van der Waals surface area contributed by atoms with Gasteiger partial charge in [0.15, 0.2) is 5.78 Å². The van der Waals surface area contributed by atoms with Crippen molar-refractivity contribution >= 4 is 11.8 Å². The van der Waals surface area contributed by atoms with Crippen molar-refractivity contribution in [2.45, 2.75) is 44.9 Å². The summed E-state index contributed by atoms with van der Waals surface area (Å²) in [4.78, 5) is 26.4. The van der Waals surface area contributed by atoms with Crippen LogP contribution in [0, 0.1) is 11.8 Å². The van der Waals surface area contributed by atoms with E-state index in [1.807, 2.05) is 31.2 Å². The molecule has 166 valence electrons. The average molecular weight is 426 g/mol. The van der Waals surface area contributed by atoms with Crippen LogP contribution in [0.1, 0.15) is 50.5 Å². The highest BCUT2D eigenvalue weighted by molar-refractivity contribution is 6.02. The molecule has 2 aliphatic carbocycles. The summed E-state index contributed by atoms with van der Waals surface area (Å²) in [6, 6.07) is 7.90. The normalized spacial score (nSPS) is 23.8. The van der Waals surface area contributed by atoms with Crippen LogP contribution in [0.15, 0.2) is 46.8 Å². The molecule has 3 aliphatic rings. The van der Waals surface area contributed by atoms with Gasteiger partial charge in [-0.15, -0.1) is 0 Å². The lowest BCUT2D eigenvalue weighted by atomic mass is 9.64. The second kappa shape index (κ2) is 9.27. The lowest BCUT2D eigenvalue weighted by Crippen LogP contribution is -2.41. The Bertz CT molecular complexity index is 928. The van der Waals surface area contributed by atoms with Crippen LogP contribution in [0.2, 0.25) is 0 Å². The van der Waals surface area contributed by atoms with Gasteiger partial charge in [-0.25, -0.2) is 4.79 Å². The third kappa shape index (κ3) is 4.13. The van der Waals surface area contributed by atoms with E-state index in [1.54, 1.807) is 14.2 Å². The number of carbonyl (C=O) groups excluding carboxylic acids is 2. The highest BCUT2D eigenvalue weighted by Gasteiger charge is 2.45. The topological polar surface area (TPSA) is 73.9 Å². The smallest absolute Gasteiger partial charge is 0.336 e. The van der Waals surface area contributed by atoms with Crippen molar-refractivity contribution in [1.29, 1.82) is 0 Å². The summed E-state index contributed by atoms with van der Waals surface area (Å²) in [5, 5.41) is 3.41. The zero-order valence-corrected chi connectivity index (χ0v) is 18.5. The Balaban J connectivity index is 1.65. The van der Waals surface area contributed by atoms with Gasteiger partial charge < -0.3 is 19.5 Å². The quantitative estimate of drug-likeness (QED) is 0.528. The van der Waals surface area contributed by atoms with E-state index in [4.69, 9.17) is 14.2 Å². The molecule has 0 saturated heterocycles. The van der Waals surface area contributed by atoms with Gasteiger partial charge in [0, 0.05) is 42.3 Å². The Morgan fingerprint density at radius 2 is 1.90 bits per heavy atom. The highest BCUT2D eigenvalue weighted by Crippen LogP contribution is 2.49. The first-order valence-corrected chi connectivity index (χ1v) is 11.1. The standard InChI is InChI=1S/C25H31NO5/c1-15-22(25(28)31-12-11-29-2)23(16-7-6-8-16)24-19(26-15)13-17(14-20(24)27)18-9-4-5-10-21(18)30-3/h4-5,9-10,16-17,23,26H,6-8,11-14H2,1-3H3. The number of Topliss-reactive ketones (excluding diaryl/α,β-unsaturated/α-hetero) is 1. The Kier molecular flexibility index (Phi) is 6.46. The van der Waals surface area contributed by atoms with Crippen molar-refractivity contribution in [3.63, 3.8) is 0 Å². The second-order valence-corrected chi connectivity index (χ2v) is 8.62. The number of esters is 1. The van der Waals surface area contributed by atoms with Gasteiger partial charge >= 0.3 is 5.97 Å². The lowest BCUT2D eigenvalue weighted by molar-refractivity contribution is -0.141. The Labute approximate surface area is 183 Å². The number of methoxy groups -OCH3 is 2. The molecule has 4 rings (SSSR count). The molecular weight excluding hydrogens is 394 g/mol. The van der Waals surface area contributed by atoms with Crippen LogP contribution >= 0.6 is 0 Å². The summed E-state index contributed by atoms with van der Waals surface area (Å²) in [6.07, 6.45) is 4.36. The number of nitrogens with one attached hydrogen (secondary N) is 1. The molecule has 6 heteroatoms. The average Bonchev–Trinajstić information content (AvgIpc) is 2.72. The molecular formula is C25H31NO5. The second-order valence-electron chi connectivity index (χ2n) is 8.62. The van der Waals surface area contributed by atoms with Crippen LogP contribution in [0.4, 0.5) is 0 Å². The first-order valence-electron chi connectivity index (χ1n) is 11.1. The molecule has 1 heterocycles. The van der Waals surface area contributed by atoms with Crippen LogP contribution in [0.5, 0.6) is 5.75 Å². The predicted molar refractivity (Wildman–Crippen MR) is 117 cm³/mol. The van der Waals surface area contributed by atoms with Gasteiger partial charge in [0.2, 0.25) is 0 Å². The van der Waals surface area contributed by atoms with Gasteiger partial charge in [-0.2, -0.15) is 0 Å². The third-order valence-electron chi connectivity index (χ3n) is 6.81. The maximum absolute atomic E-state index is 13.5. The summed E-state index contributed by atoms with van der Waals surface area (Å²) < 4.78 is 16.0. The van der Waals surface area contributed by atoms with Crippen molar-refractivity contribution in [3.8, 4) is 5.75 Å². The molecule has 1 fully saturated rings. The van der Waals surface area contributed by atoms with Gasteiger partial charge in [0.05, 0.1) is 19.3 Å². The minimum Gasteiger partial charge on any atom is -0.496 e. The predicted octanol–water partition coefficient (Wildman–Crippen LogP) is 3.88. The summed E-state index contributed by atoms with van der Waals surface area (Å²) in [7, 11) is 3.24. The van der Waals surface area contributed by atoms with Crippen LogP contribution in [0.3, 0.4) is 0 Å². The lowest BCUT2D eigenvalue weighted by Gasteiger charge is -2.42. The van der Waals surface area contributed by atoms with E-state index in [-0.39, 0.29) is 30.2 Å². The van der Waals surface area contributed by atoms with E-state index in [0.29, 0.717) is 24.5 Å². The Morgan fingerprint density at radius 3 is 2.58 bits per heavy atom. The number of carbonyl (C=O) groups is 2. The molecule has 1 aromatic rings. The zero-order valence-electron chi connectivity index (χ0n) is 18.5. The molecule has 1 aromatic carbocycles. The fraction of sp³-hybridized carbons (Fsp3) is 0.520. The fourth-order valence-electron chi connectivity index (χ4n) is 5.13. The van der Waals surface area contributed by atoms with E-state index in [9.17, 15) is 9.59 Å². The minimum absolute atomic E-state index is 0.0555. The Hall–Kier alpha value is -2.60. The van der Waals surface area contributed by atoms with Crippen molar-refractivity contribution in [1.82, 2.24) is 5.32 Å². The number of rotatable bonds is 7. The summed E-state index contributed by atoms with van der Waals surface area (Å²) >= 11 is 0. The number of para-hydroxylation sites is 1. The number of dihydropyridines is 1. The molecule has 0 amide bonds. The molecule has 1 N–H and O–H groups in total. The van der Waals surface area contributed by atoms with Gasteiger partial charge in [-0.1, -0.05) is 24.6 Å². The molecule has 6 nitrogen and oxygen atoms in total. The third-order valence-corrected chi connectivity index (χ3v) is 6.81. The number of ether oxygens (including phenoxy) is 3. The molecule has 0 bridgehead atoms. The van der Waals surface area contributed by atoms with Gasteiger partial charge in [0.25, 0.3) is 0 Å². The molecule has 1 saturated carbocycles. The maximum atomic E-state index is 13.5. The fourth-order valence-corrected chi connectivity index (χ4v) is 5.13. The monoisotopic (exact) mass is 425 g/mol. The van der Waals surface area contributed by atoms with E-state index < -0.39 is 0 Å². The molecule has 0 aromatic heterocycles. The van der Waals surface area contributed by atoms with Gasteiger partial charge in [-0.3, -0.25) is 4.79 Å². The zero-order chi connectivity index (χ0) is 22.0. The largest absolute Gasteiger partial charge is 0.496 e. The van der Waals surface area contributed by atoms with Crippen molar-refractivity contribution in [2.24, 2.45) is 11.8 Å². The van der Waals surface area contributed by atoms with Crippen LogP contribution in [-0.4, -0.2) is 39.2 Å². The van der Waals surface area contributed by atoms with Gasteiger partial charge in [-0.05, 0) is 43.7 Å². The molecule has 0 radical (unpaired) electrons. The number of ketones is 1. The van der Waals surface area contributed by atoms with Crippen LogP contribution in [0.25, 0.3) is 0 Å². The van der Waals surface area contributed by atoms with Crippen LogP contribution in [-0.2, 0) is 19.1 Å². The molecule has 31 heavy (non-hydrogen) atoms. The minimum atomic E-state index is -0.342. The summed E-state index contributed by atoms with van der Waals surface area (Å²) in [5.74, 6) is 0.789.